The number of non-ortho nitro benzene ring substituents is 1. The highest BCUT2D eigenvalue weighted by atomic mass is 32.2. The minimum Gasteiger partial charge on any atom is -0.494 e. The van der Waals surface area contributed by atoms with Crippen molar-refractivity contribution in [3.05, 3.63) is 58.1 Å². The molecule has 0 aromatic heterocycles. The number of nitro groups is 1. The molecular weight excluding hydrogens is 416 g/mol. The lowest BCUT2D eigenvalue weighted by Gasteiger charge is -2.24. The van der Waals surface area contributed by atoms with E-state index in [1.807, 2.05) is 6.92 Å². The van der Waals surface area contributed by atoms with E-state index >= 15 is 0 Å². The van der Waals surface area contributed by atoms with Gasteiger partial charge < -0.3 is 9.47 Å². The van der Waals surface area contributed by atoms with Gasteiger partial charge in [0.2, 0.25) is 10.0 Å². The first-order valence-corrected chi connectivity index (χ1v) is 11.6. The Balaban J connectivity index is 1.96. The van der Waals surface area contributed by atoms with E-state index in [9.17, 15) is 18.5 Å². The van der Waals surface area contributed by atoms with Gasteiger partial charge >= 0.3 is 0 Å². The largest absolute Gasteiger partial charge is 0.494 e. The maximum Gasteiger partial charge on any atom is 0.269 e. The number of hydrogen-bond acceptors (Lipinski definition) is 7. The number of benzene rings is 2. The fourth-order valence-electron chi connectivity index (χ4n) is 3.08. The number of ether oxygens (including phenoxy) is 2. The van der Waals surface area contributed by atoms with Crippen LogP contribution in [0.15, 0.2) is 47.4 Å². The molecule has 3 rings (SSSR count). The zero-order chi connectivity index (χ0) is 21.0. The minimum atomic E-state index is -3.85. The summed E-state index contributed by atoms with van der Waals surface area (Å²) in [5.41, 5.74) is 0.668. The van der Waals surface area contributed by atoms with Crippen molar-refractivity contribution in [1.82, 2.24) is 4.31 Å². The summed E-state index contributed by atoms with van der Waals surface area (Å²) in [7, 11) is -3.85. The monoisotopic (exact) mass is 438 g/mol. The highest BCUT2D eigenvalue weighted by Gasteiger charge is 2.38. The molecule has 1 heterocycles. The van der Waals surface area contributed by atoms with Crippen LogP contribution in [0, 0.1) is 10.1 Å². The predicted octanol–water partition coefficient (Wildman–Crippen LogP) is 3.83. The summed E-state index contributed by atoms with van der Waals surface area (Å²) in [6.07, 6.45) is 0. The number of thioether (sulfide) groups is 1. The quantitative estimate of drug-likeness (QED) is 0.456. The van der Waals surface area contributed by atoms with E-state index in [1.165, 1.54) is 34.3 Å². The zero-order valence-corrected chi connectivity index (χ0v) is 17.7. The van der Waals surface area contributed by atoms with Gasteiger partial charge in [0.25, 0.3) is 5.69 Å². The van der Waals surface area contributed by atoms with Crippen LogP contribution in [0.5, 0.6) is 11.5 Å². The molecule has 0 saturated carbocycles. The Morgan fingerprint density at radius 3 is 2.45 bits per heavy atom. The summed E-state index contributed by atoms with van der Waals surface area (Å²) in [6.45, 7) is 4.76. The Bertz CT molecular complexity index is 979. The Morgan fingerprint density at radius 2 is 1.83 bits per heavy atom. The van der Waals surface area contributed by atoms with E-state index < -0.39 is 20.3 Å². The number of sulfonamides is 1. The second kappa shape index (κ2) is 9.02. The van der Waals surface area contributed by atoms with Gasteiger partial charge in [-0.15, -0.1) is 11.8 Å². The number of rotatable bonds is 8. The third-order valence-corrected chi connectivity index (χ3v) is 7.65. The topological polar surface area (TPSA) is 99.0 Å². The number of nitro benzene ring substituents is 1. The molecule has 1 aliphatic rings. The molecule has 10 heteroatoms. The lowest BCUT2D eigenvalue weighted by atomic mass is 10.2. The van der Waals surface area contributed by atoms with E-state index in [4.69, 9.17) is 9.47 Å². The molecule has 0 bridgehead atoms. The van der Waals surface area contributed by atoms with Crippen LogP contribution in [0.1, 0.15) is 24.8 Å². The summed E-state index contributed by atoms with van der Waals surface area (Å²) in [4.78, 5) is 10.5. The summed E-state index contributed by atoms with van der Waals surface area (Å²) < 4.78 is 39.3. The molecule has 29 heavy (non-hydrogen) atoms. The van der Waals surface area contributed by atoms with Crippen LogP contribution in [-0.2, 0) is 10.0 Å². The maximum atomic E-state index is 13.4. The van der Waals surface area contributed by atoms with E-state index in [-0.39, 0.29) is 16.3 Å². The van der Waals surface area contributed by atoms with Crippen LogP contribution in [0.25, 0.3) is 0 Å². The Morgan fingerprint density at radius 1 is 1.14 bits per heavy atom. The van der Waals surface area contributed by atoms with Gasteiger partial charge in [-0.1, -0.05) is 0 Å². The van der Waals surface area contributed by atoms with Gasteiger partial charge in [-0.05, 0) is 43.7 Å². The maximum absolute atomic E-state index is 13.4. The normalized spacial score (nSPS) is 17.2. The zero-order valence-electron chi connectivity index (χ0n) is 16.1. The van der Waals surface area contributed by atoms with Crippen molar-refractivity contribution in [3.63, 3.8) is 0 Å². The molecule has 1 aliphatic heterocycles. The van der Waals surface area contributed by atoms with Gasteiger partial charge in [-0.2, -0.15) is 4.31 Å². The molecule has 0 amide bonds. The highest BCUT2D eigenvalue weighted by Crippen LogP contribution is 2.43. The summed E-state index contributed by atoms with van der Waals surface area (Å²) in [5, 5.41) is 10.4. The smallest absolute Gasteiger partial charge is 0.269 e. The van der Waals surface area contributed by atoms with Crippen molar-refractivity contribution < 1.29 is 22.8 Å². The van der Waals surface area contributed by atoms with Crippen LogP contribution >= 0.6 is 11.8 Å². The van der Waals surface area contributed by atoms with Crippen molar-refractivity contribution in [2.45, 2.75) is 24.1 Å². The number of hydrogen-bond donors (Lipinski definition) is 0. The Labute approximate surface area is 174 Å². The van der Waals surface area contributed by atoms with Crippen molar-refractivity contribution in [2.75, 3.05) is 25.5 Å². The molecule has 1 unspecified atom stereocenters. The van der Waals surface area contributed by atoms with Crippen molar-refractivity contribution in [3.8, 4) is 11.5 Å². The van der Waals surface area contributed by atoms with Crippen LogP contribution in [0.2, 0.25) is 0 Å². The van der Waals surface area contributed by atoms with Crippen molar-refractivity contribution in [2.24, 2.45) is 0 Å². The molecule has 2 aromatic carbocycles. The van der Waals surface area contributed by atoms with Crippen LogP contribution in [0.3, 0.4) is 0 Å². The van der Waals surface area contributed by atoms with E-state index in [2.05, 4.69) is 0 Å². The molecule has 0 radical (unpaired) electrons. The summed E-state index contributed by atoms with van der Waals surface area (Å²) in [5.74, 6) is 1.41. The second-order valence-electron chi connectivity index (χ2n) is 6.16. The van der Waals surface area contributed by atoms with Crippen molar-refractivity contribution in [1.29, 1.82) is 0 Å². The minimum absolute atomic E-state index is 0.0312. The molecule has 1 atom stereocenters. The first-order valence-electron chi connectivity index (χ1n) is 9.16. The average molecular weight is 439 g/mol. The fraction of sp³-hybridized carbons (Fsp3) is 0.368. The summed E-state index contributed by atoms with van der Waals surface area (Å²) in [6, 6.07) is 10.7. The Kier molecular flexibility index (Phi) is 6.66. The molecule has 156 valence electrons. The SMILES string of the molecule is CCOc1ccc(S(=O)(=O)N2CCSC2c2ccc([N+](=O)[O-])cc2)c(OCC)c1. The molecule has 0 aliphatic carbocycles. The van der Waals surface area contributed by atoms with E-state index in [0.717, 1.165) is 0 Å². The molecule has 8 nitrogen and oxygen atoms in total. The van der Waals surface area contributed by atoms with Gasteiger partial charge in [-0.3, -0.25) is 10.1 Å². The molecule has 2 aromatic rings. The molecule has 0 N–H and O–H groups in total. The fourth-order valence-corrected chi connectivity index (χ4v) is 6.43. The van der Waals surface area contributed by atoms with Crippen LogP contribution < -0.4 is 9.47 Å². The average Bonchev–Trinajstić information content (AvgIpc) is 3.19. The third-order valence-electron chi connectivity index (χ3n) is 4.35. The molecule has 0 spiro atoms. The lowest BCUT2D eigenvalue weighted by Crippen LogP contribution is -2.31. The van der Waals surface area contributed by atoms with Gasteiger partial charge in [0.1, 0.15) is 16.4 Å². The summed E-state index contributed by atoms with van der Waals surface area (Å²) >= 11 is 1.48. The van der Waals surface area contributed by atoms with Gasteiger partial charge in [0, 0.05) is 30.5 Å². The lowest BCUT2D eigenvalue weighted by molar-refractivity contribution is -0.384. The first-order chi connectivity index (χ1) is 13.9. The first kappa shape index (κ1) is 21.4. The molecule has 1 saturated heterocycles. The van der Waals surface area contributed by atoms with E-state index in [0.29, 0.717) is 36.8 Å². The van der Waals surface area contributed by atoms with Gasteiger partial charge in [0.15, 0.2) is 0 Å². The number of nitrogens with zero attached hydrogens (tertiary/aromatic N) is 2. The highest BCUT2D eigenvalue weighted by molar-refractivity contribution is 8.01. The van der Waals surface area contributed by atoms with Crippen LogP contribution in [0.4, 0.5) is 5.69 Å². The molecular formula is C19H22N2O6S2. The van der Waals surface area contributed by atoms with E-state index in [1.54, 1.807) is 31.2 Å². The van der Waals surface area contributed by atoms with Crippen molar-refractivity contribution >= 4 is 27.5 Å². The molecule has 1 fully saturated rings. The predicted molar refractivity (Wildman–Crippen MR) is 111 cm³/mol. The van der Waals surface area contributed by atoms with Gasteiger partial charge in [0.05, 0.1) is 23.5 Å². The third kappa shape index (κ3) is 4.49. The standard InChI is InChI=1S/C19H22N2O6S2/c1-3-26-16-9-10-18(17(13-16)27-4-2)29(24,25)20-11-12-28-19(20)14-5-7-15(8-6-14)21(22)23/h5-10,13,19H,3-4,11-12H2,1-2H3. The van der Waals surface area contributed by atoms with Crippen LogP contribution in [-0.4, -0.2) is 43.2 Å². The Hall–Kier alpha value is -2.30. The van der Waals surface area contributed by atoms with Gasteiger partial charge in [-0.25, -0.2) is 8.42 Å². The second-order valence-corrected chi connectivity index (χ2v) is 9.21.